The summed E-state index contributed by atoms with van der Waals surface area (Å²) in [6.07, 6.45) is 2.40. The van der Waals surface area contributed by atoms with E-state index in [9.17, 15) is 8.42 Å². The van der Waals surface area contributed by atoms with Crippen molar-refractivity contribution in [2.45, 2.75) is 17.7 Å². The van der Waals surface area contributed by atoms with Gasteiger partial charge in [-0.1, -0.05) is 0 Å². The van der Waals surface area contributed by atoms with Crippen LogP contribution in [-0.4, -0.2) is 50.8 Å². The zero-order valence-electron chi connectivity index (χ0n) is 11.6. The quantitative estimate of drug-likeness (QED) is 0.820. The van der Waals surface area contributed by atoms with Crippen molar-refractivity contribution in [2.75, 3.05) is 33.2 Å². The standard InChI is InChI=1S/C14H19N3O2S/c1-16(10-11-17-8-2-3-9-17)20(18,19)14-6-4-13(12-15)5-7-14/h4-7H,2-3,8-11H2,1H3. The highest BCUT2D eigenvalue weighted by atomic mass is 32.2. The normalized spacial score (nSPS) is 16.4. The maximum Gasteiger partial charge on any atom is 0.242 e. The van der Waals surface area contributed by atoms with Crippen molar-refractivity contribution in [1.29, 1.82) is 5.26 Å². The molecule has 1 saturated heterocycles. The second kappa shape index (κ2) is 6.35. The van der Waals surface area contributed by atoms with Crippen molar-refractivity contribution in [3.8, 4) is 6.07 Å². The Balaban J connectivity index is 2.02. The molecule has 1 aliphatic rings. The van der Waals surface area contributed by atoms with E-state index < -0.39 is 10.0 Å². The third kappa shape index (κ3) is 3.37. The van der Waals surface area contributed by atoms with E-state index >= 15 is 0 Å². The average molecular weight is 293 g/mol. The number of likely N-dealkylation sites (N-methyl/N-ethyl adjacent to an activating group) is 1. The second-order valence-electron chi connectivity index (χ2n) is 5.01. The van der Waals surface area contributed by atoms with E-state index in [1.807, 2.05) is 6.07 Å². The van der Waals surface area contributed by atoms with Gasteiger partial charge in [-0.15, -0.1) is 0 Å². The second-order valence-corrected chi connectivity index (χ2v) is 7.06. The molecule has 0 radical (unpaired) electrons. The lowest BCUT2D eigenvalue weighted by atomic mass is 10.2. The number of nitrogens with zero attached hydrogens (tertiary/aromatic N) is 3. The zero-order valence-corrected chi connectivity index (χ0v) is 12.4. The Morgan fingerprint density at radius 2 is 1.85 bits per heavy atom. The van der Waals surface area contributed by atoms with Crippen molar-refractivity contribution < 1.29 is 8.42 Å². The number of sulfonamides is 1. The van der Waals surface area contributed by atoms with Crippen LogP contribution in [-0.2, 0) is 10.0 Å². The van der Waals surface area contributed by atoms with Gasteiger partial charge >= 0.3 is 0 Å². The van der Waals surface area contributed by atoms with Gasteiger partial charge in [0.2, 0.25) is 10.0 Å². The van der Waals surface area contributed by atoms with Gasteiger partial charge in [0.15, 0.2) is 0 Å². The van der Waals surface area contributed by atoms with Gasteiger partial charge < -0.3 is 4.90 Å². The lowest BCUT2D eigenvalue weighted by Crippen LogP contribution is -2.35. The van der Waals surface area contributed by atoms with Crippen LogP contribution in [0.3, 0.4) is 0 Å². The third-order valence-corrected chi connectivity index (χ3v) is 5.49. The lowest BCUT2D eigenvalue weighted by Gasteiger charge is -2.21. The minimum atomic E-state index is -3.46. The average Bonchev–Trinajstić information content (AvgIpc) is 2.98. The van der Waals surface area contributed by atoms with Gasteiger partial charge in [-0.3, -0.25) is 0 Å². The topological polar surface area (TPSA) is 64.4 Å². The highest BCUT2D eigenvalue weighted by Crippen LogP contribution is 2.15. The van der Waals surface area contributed by atoms with Crippen LogP contribution in [0.1, 0.15) is 18.4 Å². The fourth-order valence-corrected chi connectivity index (χ4v) is 3.45. The fraction of sp³-hybridized carbons (Fsp3) is 0.500. The van der Waals surface area contributed by atoms with Crippen LogP contribution in [0.5, 0.6) is 0 Å². The molecule has 20 heavy (non-hydrogen) atoms. The Labute approximate surface area is 120 Å². The van der Waals surface area contributed by atoms with Gasteiger partial charge in [0.05, 0.1) is 16.5 Å². The predicted molar refractivity (Wildman–Crippen MR) is 76.6 cm³/mol. The number of hydrogen-bond donors (Lipinski definition) is 0. The van der Waals surface area contributed by atoms with Crippen molar-refractivity contribution in [2.24, 2.45) is 0 Å². The molecule has 0 amide bonds. The largest absolute Gasteiger partial charge is 0.302 e. The summed E-state index contributed by atoms with van der Waals surface area (Å²) in [5.41, 5.74) is 0.462. The highest BCUT2D eigenvalue weighted by Gasteiger charge is 2.21. The molecule has 1 aromatic rings. The van der Waals surface area contributed by atoms with Gasteiger partial charge in [-0.05, 0) is 50.2 Å². The maximum atomic E-state index is 12.4. The minimum absolute atomic E-state index is 0.237. The molecule has 0 N–H and O–H groups in total. The van der Waals surface area contributed by atoms with Crippen LogP contribution in [0, 0.1) is 11.3 Å². The van der Waals surface area contributed by atoms with Gasteiger partial charge in [0.25, 0.3) is 0 Å². The van der Waals surface area contributed by atoms with Gasteiger partial charge in [0, 0.05) is 20.1 Å². The monoisotopic (exact) mass is 293 g/mol. The molecular formula is C14H19N3O2S. The fourth-order valence-electron chi connectivity index (χ4n) is 2.29. The SMILES string of the molecule is CN(CCN1CCCC1)S(=O)(=O)c1ccc(C#N)cc1. The molecule has 0 bridgehead atoms. The Bertz CT molecular complexity index is 584. The predicted octanol–water partition coefficient (Wildman–Crippen LogP) is 1.27. The first-order chi connectivity index (χ1) is 9.54. The first-order valence-corrected chi connectivity index (χ1v) is 8.17. The van der Waals surface area contributed by atoms with E-state index in [1.165, 1.54) is 41.4 Å². The van der Waals surface area contributed by atoms with E-state index in [1.54, 1.807) is 7.05 Å². The Morgan fingerprint density at radius 3 is 2.40 bits per heavy atom. The molecule has 2 rings (SSSR count). The Morgan fingerprint density at radius 1 is 1.25 bits per heavy atom. The maximum absolute atomic E-state index is 12.4. The van der Waals surface area contributed by atoms with Crippen LogP contribution in [0.25, 0.3) is 0 Å². The lowest BCUT2D eigenvalue weighted by molar-refractivity contribution is 0.310. The van der Waals surface area contributed by atoms with Crippen molar-refractivity contribution in [1.82, 2.24) is 9.21 Å². The van der Waals surface area contributed by atoms with Crippen LogP contribution < -0.4 is 0 Å². The van der Waals surface area contributed by atoms with E-state index in [0.29, 0.717) is 12.1 Å². The minimum Gasteiger partial charge on any atom is -0.302 e. The molecule has 5 nitrogen and oxygen atoms in total. The molecular weight excluding hydrogens is 274 g/mol. The number of likely N-dealkylation sites (tertiary alicyclic amines) is 1. The highest BCUT2D eigenvalue weighted by molar-refractivity contribution is 7.89. The molecule has 0 aromatic heterocycles. The molecule has 0 spiro atoms. The first kappa shape index (κ1) is 15.0. The summed E-state index contributed by atoms with van der Waals surface area (Å²) in [5.74, 6) is 0. The molecule has 6 heteroatoms. The van der Waals surface area contributed by atoms with E-state index in [2.05, 4.69) is 4.90 Å². The first-order valence-electron chi connectivity index (χ1n) is 6.73. The summed E-state index contributed by atoms with van der Waals surface area (Å²) in [6, 6.07) is 8.01. The zero-order chi connectivity index (χ0) is 14.6. The Hall–Kier alpha value is -1.42. The smallest absolute Gasteiger partial charge is 0.242 e. The van der Waals surface area contributed by atoms with Gasteiger partial charge in [0.1, 0.15) is 0 Å². The number of nitriles is 1. The van der Waals surface area contributed by atoms with E-state index in [0.717, 1.165) is 19.6 Å². The molecule has 0 atom stereocenters. The summed E-state index contributed by atoms with van der Waals surface area (Å²) in [4.78, 5) is 2.52. The summed E-state index contributed by atoms with van der Waals surface area (Å²) < 4.78 is 26.1. The molecule has 1 aliphatic heterocycles. The number of hydrogen-bond acceptors (Lipinski definition) is 4. The molecule has 0 aliphatic carbocycles. The summed E-state index contributed by atoms with van der Waals surface area (Å²) in [6.45, 7) is 3.38. The van der Waals surface area contributed by atoms with Crippen LogP contribution in [0.2, 0.25) is 0 Å². The number of benzene rings is 1. The third-order valence-electron chi connectivity index (χ3n) is 3.62. The molecule has 0 unspecified atom stereocenters. The van der Waals surface area contributed by atoms with E-state index in [4.69, 9.17) is 5.26 Å². The van der Waals surface area contributed by atoms with Crippen LogP contribution in [0.15, 0.2) is 29.2 Å². The molecule has 1 aromatic carbocycles. The van der Waals surface area contributed by atoms with Crippen molar-refractivity contribution >= 4 is 10.0 Å². The molecule has 1 heterocycles. The summed E-state index contributed by atoms with van der Waals surface area (Å²) >= 11 is 0. The van der Waals surface area contributed by atoms with Gasteiger partial charge in [-0.2, -0.15) is 9.57 Å². The van der Waals surface area contributed by atoms with Crippen LogP contribution in [0.4, 0.5) is 0 Å². The Kier molecular flexibility index (Phi) is 4.76. The summed E-state index contributed by atoms with van der Waals surface area (Å²) in [5, 5.41) is 8.73. The number of rotatable bonds is 5. The molecule has 108 valence electrons. The van der Waals surface area contributed by atoms with Gasteiger partial charge in [-0.25, -0.2) is 8.42 Å². The van der Waals surface area contributed by atoms with E-state index in [-0.39, 0.29) is 4.90 Å². The van der Waals surface area contributed by atoms with Crippen molar-refractivity contribution in [3.63, 3.8) is 0 Å². The summed E-state index contributed by atoms with van der Waals surface area (Å²) in [7, 11) is -1.86. The molecule has 0 saturated carbocycles. The van der Waals surface area contributed by atoms with Crippen molar-refractivity contribution in [3.05, 3.63) is 29.8 Å². The van der Waals surface area contributed by atoms with Crippen LogP contribution >= 0.6 is 0 Å². The molecule has 1 fully saturated rings.